The standard InChI is InChI=1S/C12H15BrN4O2S2/c1-2-10-14-12-8(4-3-7-17(12)15-10)16-21(18,19)11-6-5-9(13)20-11/h5-6,8,16H,2-4,7H2,1H3. The first kappa shape index (κ1) is 15.1. The van der Waals surface area contributed by atoms with Crippen LogP contribution in [0.5, 0.6) is 0 Å². The van der Waals surface area contributed by atoms with Crippen molar-refractivity contribution in [3.05, 3.63) is 27.6 Å². The van der Waals surface area contributed by atoms with Crippen LogP contribution in [0.25, 0.3) is 0 Å². The summed E-state index contributed by atoms with van der Waals surface area (Å²) in [5.41, 5.74) is 0. The van der Waals surface area contributed by atoms with Crippen molar-refractivity contribution in [3.8, 4) is 0 Å². The summed E-state index contributed by atoms with van der Waals surface area (Å²) in [6.07, 6.45) is 2.38. The SMILES string of the molecule is CCc1nc2n(n1)CCCC2NS(=O)(=O)c1ccc(Br)s1. The first-order chi connectivity index (χ1) is 9.99. The average Bonchev–Trinajstić information content (AvgIpc) is 3.05. The Labute approximate surface area is 135 Å². The van der Waals surface area contributed by atoms with E-state index in [9.17, 15) is 8.42 Å². The molecule has 114 valence electrons. The fourth-order valence-corrected chi connectivity index (χ4v) is 5.60. The van der Waals surface area contributed by atoms with Crippen LogP contribution < -0.4 is 4.72 Å². The summed E-state index contributed by atoms with van der Waals surface area (Å²) in [7, 11) is -3.52. The van der Waals surface area contributed by atoms with Gasteiger partial charge in [-0.2, -0.15) is 9.82 Å². The molecule has 21 heavy (non-hydrogen) atoms. The first-order valence-electron chi connectivity index (χ1n) is 6.71. The van der Waals surface area contributed by atoms with E-state index < -0.39 is 10.0 Å². The summed E-state index contributed by atoms with van der Waals surface area (Å²) in [5.74, 6) is 1.48. The quantitative estimate of drug-likeness (QED) is 0.869. The summed E-state index contributed by atoms with van der Waals surface area (Å²) in [6, 6.07) is 3.03. The van der Waals surface area contributed by atoms with E-state index in [1.165, 1.54) is 11.3 Å². The minimum Gasteiger partial charge on any atom is -0.248 e. The summed E-state index contributed by atoms with van der Waals surface area (Å²) >= 11 is 4.49. The molecule has 3 rings (SSSR count). The summed E-state index contributed by atoms with van der Waals surface area (Å²) < 4.78 is 30.5. The van der Waals surface area contributed by atoms with Crippen LogP contribution in [-0.4, -0.2) is 23.2 Å². The molecule has 0 fully saturated rings. The lowest BCUT2D eigenvalue weighted by Crippen LogP contribution is -2.33. The third-order valence-corrected chi connectivity index (χ3v) is 6.93. The molecule has 0 aliphatic carbocycles. The number of sulfonamides is 1. The predicted octanol–water partition coefficient (Wildman–Crippen LogP) is 2.48. The highest BCUT2D eigenvalue weighted by Crippen LogP contribution is 2.29. The van der Waals surface area contributed by atoms with Crippen molar-refractivity contribution in [1.29, 1.82) is 0 Å². The number of nitrogens with zero attached hydrogens (tertiary/aromatic N) is 3. The molecule has 0 spiro atoms. The molecule has 1 atom stereocenters. The lowest BCUT2D eigenvalue weighted by Gasteiger charge is -2.22. The van der Waals surface area contributed by atoms with Gasteiger partial charge >= 0.3 is 0 Å². The maximum atomic E-state index is 12.4. The van der Waals surface area contributed by atoms with E-state index in [0.29, 0.717) is 4.21 Å². The van der Waals surface area contributed by atoms with E-state index in [1.54, 1.807) is 12.1 Å². The van der Waals surface area contributed by atoms with Gasteiger partial charge in [0.25, 0.3) is 10.0 Å². The monoisotopic (exact) mass is 390 g/mol. The van der Waals surface area contributed by atoms with Crippen LogP contribution in [0.1, 0.15) is 37.5 Å². The van der Waals surface area contributed by atoms with Crippen molar-refractivity contribution in [2.45, 2.75) is 43.0 Å². The zero-order valence-electron chi connectivity index (χ0n) is 11.4. The molecule has 0 saturated carbocycles. The first-order valence-corrected chi connectivity index (χ1v) is 9.80. The van der Waals surface area contributed by atoms with Crippen LogP contribution in [0.3, 0.4) is 0 Å². The molecular formula is C12H15BrN4O2S2. The van der Waals surface area contributed by atoms with E-state index in [4.69, 9.17) is 0 Å². The molecule has 2 aromatic rings. The van der Waals surface area contributed by atoms with Crippen LogP contribution in [0.2, 0.25) is 0 Å². The van der Waals surface area contributed by atoms with E-state index in [-0.39, 0.29) is 6.04 Å². The van der Waals surface area contributed by atoms with E-state index >= 15 is 0 Å². The van der Waals surface area contributed by atoms with E-state index in [0.717, 1.165) is 41.2 Å². The second-order valence-electron chi connectivity index (χ2n) is 4.84. The Morgan fingerprint density at radius 3 is 3.00 bits per heavy atom. The van der Waals surface area contributed by atoms with Crippen molar-refractivity contribution in [1.82, 2.24) is 19.5 Å². The number of rotatable bonds is 4. The highest BCUT2D eigenvalue weighted by molar-refractivity contribution is 9.11. The molecule has 6 nitrogen and oxygen atoms in total. The maximum Gasteiger partial charge on any atom is 0.250 e. The maximum absolute atomic E-state index is 12.4. The van der Waals surface area contributed by atoms with Crippen LogP contribution in [0.15, 0.2) is 20.1 Å². The van der Waals surface area contributed by atoms with Crippen molar-refractivity contribution in [3.63, 3.8) is 0 Å². The third kappa shape index (κ3) is 3.05. The number of halogens is 1. The van der Waals surface area contributed by atoms with Gasteiger partial charge in [-0.1, -0.05) is 6.92 Å². The largest absolute Gasteiger partial charge is 0.250 e. The number of nitrogens with one attached hydrogen (secondary N) is 1. The van der Waals surface area contributed by atoms with Crippen LogP contribution in [0.4, 0.5) is 0 Å². The number of aryl methyl sites for hydroxylation is 2. The Morgan fingerprint density at radius 1 is 1.52 bits per heavy atom. The Morgan fingerprint density at radius 2 is 2.33 bits per heavy atom. The molecule has 3 heterocycles. The van der Waals surface area contributed by atoms with Gasteiger partial charge in [0.1, 0.15) is 10.0 Å². The Kier molecular flexibility index (Phi) is 4.17. The van der Waals surface area contributed by atoms with E-state index in [1.807, 2.05) is 11.6 Å². The second-order valence-corrected chi connectivity index (χ2v) is 9.24. The lowest BCUT2D eigenvalue weighted by atomic mass is 10.1. The van der Waals surface area contributed by atoms with Crippen molar-refractivity contribution < 1.29 is 8.42 Å². The summed E-state index contributed by atoms with van der Waals surface area (Å²) in [5, 5.41) is 4.39. The summed E-state index contributed by atoms with van der Waals surface area (Å²) in [6.45, 7) is 2.79. The minimum absolute atomic E-state index is 0.307. The van der Waals surface area contributed by atoms with Gasteiger partial charge in [0.05, 0.1) is 9.83 Å². The molecule has 1 aliphatic heterocycles. The fraction of sp³-hybridized carbons (Fsp3) is 0.500. The molecule has 1 N–H and O–H groups in total. The highest BCUT2D eigenvalue weighted by atomic mass is 79.9. The minimum atomic E-state index is -3.52. The normalized spacial score (nSPS) is 18.7. The molecule has 2 aromatic heterocycles. The molecule has 1 aliphatic rings. The highest BCUT2D eigenvalue weighted by Gasteiger charge is 2.29. The van der Waals surface area contributed by atoms with Gasteiger partial charge in [-0.3, -0.25) is 0 Å². The molecule has 0 radical (unpaired) electrons. The zero-order chi connectivity index (χ0) is 15.0. The van der Waals surface area contributed by atoms with Crippen molar-refractivity contribution in [2.24, 2.45) is 0 Å². The molecule has 0 saturated heterocycles. The van der Waals surface area contributed by atoms with Crippen molar-refractivity contribution in [2.75, 3.05) is 0 Å². The van der Waals surface area contributed by atoms with Crippen molar-refractivity contribution >= 4 is 37.3 Å². The zero-order valence-corrected chi connectivity index (χ0v) is 14.6. The van der Waals surface area contributed by atoms with Gasteiger partial charge in [0.15, 0.2) is 5.82 Å². The number of fused-ring (bicyclic) bond motifs is 1. The predicted molar refractivity (Wildman–Crippen MR) is 83.7 cm³/mol. The van der Waals surface area contributed by atoms with E-state index in [2.05, 4.69) is 30.7 Å². The van der Waals surface area contributed by atoms with Gasteiger partial charge < -0.3 is 0 Å². The molecule has 1 unspecified atom stereocenters. The average molecular weight is 391 g/mol. The molecule has 0 bridgehead atoms. The van der Waals surface area contributed by atoms with Crippen LogP contribution in [0, 0.1) is 0 Å². The second kappa shape index (κ2) is 5.79. The van der Waals surface area contributed by atoms with Crippen LogP contribution in [-0.2, 0) is 23.0 Å². The fourth-order valence-electron chi connectivity index (χ4n) is 2.35. The van der Waals surface area contributed by atoms with Crippen LogP contribution >= 0.6 is 27.3 Å². The molecular weight excluding hydrogens is 376 g/mol. The van der Waals surface area contributed by atoms with Gasteiger partial charge in [-0.15, -0.1) is 11.3 Å². The number of thiophene rings is 1. The topological polar surface area (TPSA) is 76.9 Å². The number of hydrogen-bond donors (Lipinski definition) is 1. The Balaban J connectivity index is 1.88. The van der Waals surface area contributed by atoms with Gasteiger partial charge in [-0.05, 0) is 40.9 Å². The molecule has 9 heteroatoms. The third-order valence-electron chi connectivity index (χ3n) is 3.35. The van der Waals surface area contributed by atoms with Gasteiger partial charge in [0, 0.05) is 13.0 Å². The summed E-state index contributed by atoms with van der Waals surface area (Å²) in [4.78, 5) is 4.45. The smallest absolute Gasteiger partial charge is 0.248 e. The van der Waals surface area contributed by atoms with Gasteiger partial charge in [-0.25, -0.2) is 18.1 Å². The number of aromatic nitrogens is 3. The Bertz CT molecular complexity index is 753. The molecule has 0 aromatic carbocycles. The Hall–Kier alpha value is -0.770. The van der Waals surface area contributed by atoms with Gasteiger partial charge in [0.2, 0.25) is 0 Å². The number of hydrogen-bond acceptors (Lipinski definition) is 5. The lowest BCUT2D eigenvalue weighted by molar-refractivity contribution is 0.400. The molecule has 0 amide bonds.